The number of nitrogens with one attached hydrogen (secondary N) is 1. The molecule has 1 aliphatic rings. The van der Waals surface area contributed by atoms with E-state index in [2.05, 4.69) is 79.0 Å². The van der Waals surface area contributed by atoms with E-state index in [-0.39, 0.29) is 18.4 Å². The predicted molar refractivity (Wildman–Crippen MR) is 170 cm³/mol. The minimum atomic E-state index is -0.411. The van der Waals surface area contributed by atoms with Gasteiger partial charge in [0.2, 0.25) is 5.91 Å². The standard InChI is InChI=1S/C37H41N3O2/c1-4-33-24(2)25(3)38-36-31(30-16-10-11-17-34(30)40(33)36)22-26-18-20-29(21-19-26)35(28-14-8-9-15-28)37(42)39-32(23-41)27-12-6-5-7-13-27/h5-7,10-13,16-21,28,32,35,41H,4,8-9,14-15,22-23H2,1-3H3,(H,39,42). The number of aliphatic hydroxyl groups is 1. The summed E-state index contributed by atoms with van der Waals surface area (Å²) in [7, 11) is 0. The summed E-state index contributed by atoms with van der Waals surface area (Å²) in [5.74, 6) is 0.0900. The van der Waals surface area contributed by atoms with Gasteiger partial charge in [-0.05, 0) is 67.3 Å². The van der Waals surface area contributed by atoms with Crippen LogP contribution in [0.5, 0.6) is 0 Å². The minimum absolute atomic E-state index is 0.00381. The molecule has 2 atom stereocenters. The van der Waals surface area contributed by atoms with Gasteiger partial charge in [-0.2, -0.15) is 0 Å². The Bertz CT molecular complexity index is 1700. The highest BCUT2D eigenvalue weighted by atomic mass is 16.3. The molecule has 2 unspecified atom stereocenters. The van der Waals surface area contributed by atoms with Gasteiger partial charge in [0.25, 0.3) is 0 Å². The van der Waals surface area contributed by atoms with Gasteiger partial charge in [-0.3, -0.25) is 9.20 Å². The highest BCUT2D eigenvalue weighted by Gasteiger charge is 2.33. The van der Waals surface area contributed by atoms with E-state index >= 15 is 0 Å². The predicted octanol–water partition coefficient (Wildman–Crippen LogP) is 7.38. The van der Waals surface area contributed by atoms with Crippen LogP contribution in [0, 0.1) is 19.8 Å². The van der Waals surface area contributed by atoms with Crippen LogP contribution < -0.4 is 5.32 Å². The van der Waals surface area contributed by atoms with E-state index < -0.39 is 6.04 Å². The number of carbonyl (C=O) groups is 1. The van der Waals surface area contributed by atoms with E-state index in [1.54, 1.807) is 0 Å². The summed E-state index contributed by atoms with van der Waals surface area (Å²) in [5, 5.41) is 14.5. The van der Waals surface area contributed by atoms with Crippen molar-refractivity contribution in [1.82, 2.24) is 14.7 Å². The number of carbonyl (C=O) groups excluding carboxylic acids is 1. The van der Waals surface area contributed by atoms with Gasteiger partial charge in [-0.25, -0.2) is 4.98 Å². The minimum Gasteiger partial charge on any atom is -0.394 e. The second-order valence-electron chi connectivity index (χ2n) is 11.9. The van der Waals surface area contributed by atoms with Crippen molar-refractivity contribution < 1.29 is 9.90 Å². The molecule has 1 saturated carbocycles. The van der Waals surface area contributed by atoms with Crippen molar-refractivity contribution in [2.45, 2.75) is 71.3 Å². The molecule has 0 spiro atoms. The monoisotopic (exact) mass is 559 g/mol. The molecule has 5 nitrogen and oxygen atoms in total. The molecule has 1 amide bonds. The van der Waals surface area contributed by atoms with Crippen molar-refractivity contribution in [3.8, 4) is 0 Å². The van der Waals surface area contributed by atoms with Gasteiger partial charge in [-0.15, -0.1) is 0 Å². The molecule has 2 aromatic heterocycles. The van der Waals surface area contributed by atoms with E-state index in [4.69, 9.17) is 4.98 Å². The highest BCUT2D eigenvalue weighted by Crippen LogP contribution is 2.38. The number of nitrogens with zero attached hydrogens (tertiary/aromatic N) is 2. The Hall–Kier alpha value is -3.96. The van der Waals surface area contributed by atoms with Gasteiger partial charge in [0, 0.05) is 28.8 Å². The Balaban J connectivity index is 1.32. The zero-order valence-corrected chi connectivity index (χ0v) is 24.9. The van der Waals surface area contributed by atoms with Gasteiger partial charge in [-0.1, -0.05) is 92.6 Å². The van der Waals surface area contributed by atoms with Crippen molar-refractivity contribution in [1.29, 1.82) is 0 Å². The molecular formula is C37H41N3O2. The van der Waals surface area contributed by atoms with Gasteiger partial charge < -0.3 is 10.4 Å². The third-order valence-electron chi connectivity index (χ3n) is 9.38. The number of aliphatic hydroxyl groups excluding tert-OH is 1. The van der Waals surface area contributed by atoms with Crippen molar-refractivity contribution in [2.24, 2.45) is 5.92 Å². The zero-order chi connectivity index (χ0) is 29.2. The van der Waals surface area contributed by atoms with Crippen LogP contribution in [0.1, 0.15) is 83.8 Å². The van der Waals surface area contributed by atoms with E-state index in [9.17, 15) is 9.90 Å². The van der Waals surface area contributed by atoms with Gasteiger partial charge in [0.05, 0.1) is 24.1 Å². The number of amides is 1. The van der Waals surface area contributed by atoms with Crippen LogP contribution in [0.2, 0.25) is 0 Å². The van der Waals surface area contributed by atoms with Crippen LogP contribution in [0.15, 0.2) is 78.9 Å². The molecule has 0 radical (unpaired) electrons. The molecule has 6 rings (SSSR count). The van der Waals surface area contributed by atoms with Crippen LogP contribution in [0.3, 0.4) is 0 Å². The van der Waals surface area contributed by atoms with Crippen molar-refractivity contribution in [2.75, 3.05) is 6.61 Å². The normalized spacial score (nSPS) is 15.3. The van der Waals surface area contributed by atoms with E-state index in [0.29, 0.717) is 5.92 Å². The lowest BCUT2D eigenvalue weighted by Gasteiger charge is -2.26. The molecular weight excluding hydrogens is 518 g/mol. The van der Waals surface area contributed by atoms with Gasteiger partial charge in [0.15, 0.2) is 0 Å². The smallest absolute Gasteiger partial charge is 0.228 e. The SMILES string of the molecule is CCc1c(C)c(C)nc2c(Cc3ccc(C(C(=O)NC(CO)c4ccccc4)C4CCCC4)cc3)c3ccccc3n12. The average Bonchev–Trinajstić information content (AvgIpc) is 3.65. The Kier molecular flexibility index (Phi) is 8.12. The second-order valence-corrected chi connectivity index (χ2v) is 11.9. The largest absolute Gasteiger partial charge is 0.394 e. The molecule has 2 N–H and O–H groups in total. The maximum absolute atomic E-state index is 13.8. The van der Waals surface area contributed by atoms with Crippen molar-refractivity contribution in [3.05, 3.63) is 118 Å². The number of para-hydroxylation sites is 1. The topological polar surface area (TPSA) is 66.6 Å². The third kappa shape index (κ3) is 5.22. The Labute approximate surface area is 248 Å². The van der Waals surface area contributed by atoms with Gasteiger partial charge in [0.1, 0.15) is 5.65 Å². The third-order valence-corrected chi connectivity index (χ3v) is 9.38. The van der Waals surface area contributed by atoms with Crippen LogP contribution in [0.4, 0.5) is 0 Å². The first-order valence-electron chi connectivity index (χ1n) is 15.4. The lowest BCUT2D eigenvalue weighted by molar-refractivity contribution is -0.124. The first kappa shape index (κ1) is 28.2. The summed E-state index contributed by atoms with van der Waals surface area (Å²) in [4.78, 5) is 18.9. The van der Waals surface area contributed by atoms with Crippen molar-refractivity contribution in [3.63, 3.8) is 0 Å². The molecule has 2 heterocycles. The quantitative estimate of drug-likeness (QED) is 0.198. The first-order chi connectivity index (χ1) is 20.5. The van der Waals surface area contributed by atoms with E-state index in [1.165, 1.54) is 33.3 Å². The summed E-state index contributed by atoms with van der Waals surface area (Å²) < 4.78 is 2.35. The molecule has 0 bridgehead atoms. The molecule has 42 heavy (non-hydrogen) atoms. The maximum atomic E-state index is 13.8. The highest BCUT2D eigenvalue weighted by molar-refractivity contribution is 5.92. The number of rotatable bonds is 9. The molecule has 1 aliphatic carbocycles. The van der Waals surface area contributed by atoms with Crippen LogP contribution in [0.25, 0.3) is 16.6 Å². The fourth-order valence-electron chi connectivity index (χ4n) is 7.06. The fourth-order valence-corrected chi connectivity index (χ4v) is 7.06. The van der Waals surface area contributed by atoms with Crippen LogP contribution in [-0.4, -0.2) is 27.0 Å². The Morgan fingerprint density at radius 2 is 1.64 bits per heavy atom. The van der Waals surface area contributed by atoms with Crippen LogP contribution >= 0.6 is 0 Å². The number of hydrogen-bond donors (Lipinski definition) is 2. The number of hydrogen-bond acceptors (Lipinski definition) is 3. The number of aromatic nitrogens is 2. The van der Waals surface area contributed by atoms with E-state index in [0.717, 1.165) is 61.0 Å². The number of fused-ring (bicyclic) bond motifs is 3. The lowest BCUT2D eigenvalue weighted by atomic mass is 9.83. The lowest BCUT2D eigenvalue weighted by Crippen LogP contribution is -2.37. The Morgan fingerprint density at radius 3 is 2.33 bits per heavy atom. The molecule has 1 fully saturated rings. The summed E-state index contributed by atoms with van der Waals surface area (Å²) in [5.41, 5.74) is 10.3. The number of benzene rings is 3. The van der Waals surface area contributed by atoms with Crippen molar-refractivity contribution >= 4 is 22.5 Å². The molecule has 3 aromatic carbocycles. The molecule has 0 saturated heterocycles. The molecule has 0 aliphatic heterocycles. The Morgan fingerprint density at radius 1 is 0.952 bits per heavy atom. The summed E-state index contributed by atoms with van der Waals surface area (Å²) >= 11 is 0. The molecule has 5 heteroatoms. The second kappa shape index (κ2) is 12.1. The summed E-state index contributed by atoms with van der Waals surface area (Å²) in [6.45, 7) is 6.37. The zero-order valence-electron chi connectivity index (χ0n) is 24.9. The van der Waals surface area contributed by atoms with E-state index in [1.807, 2.05) is 30.3 Å². The molecule has 216 valence electrons. The first-order valence-corrected chi connectivity index (χ1v) is 15.4. The maximum Gasteiger partial charge on any atom is 0.228 e. The van der Waals surface area contributed by atoms with Gasteiger partial charge >= 0.3 is 0 Å². The fraction of sp³-hybridized carbons (Fsp3) is 0.351. The number of aryl methyl sites for hydroxylation is 2. The average molecular weight is 560 g/mol. The molecule has 5 aromatic rings. The summed E-state index contributed by atoms with van der Waals surface area (Å²) in [6, 6.07) is 26.6. The van der Waals surface area contributed by atoms with Crippen LogP contribution in [-0.2, 0) is 17.6 Å². The summed E-state index contributed by atoms with van der Waals surface area (Å²) in [6.07, 6.45) is 6.16.